The smallest absolute Gasteiger partial charge is 0.0947 e. The van der Waals surface area contributed by atoms with Crippen LogP contribution in [0.3, 0.4) is 0 Å². The minimum atomic E-state index is -0.336. The van der Waals surface area contributed by atoms with E-state index >= 15 is 0 Å². The Balaban J connectivity index is 2.16. The third-order valence-electron chi connectivity index (χ3n) is 3.14. The van der Waals surface area contributed by atoms with Gasteiger partial charge in [-0.1, -0.05) is 0 Å². The summed E-state index contributed by atoms with van der Waals surface area (Å²) in [4.78, 5) is 4.10. The van der Waals surface area contributed by atoms with E-state index in [-0.39, 0.29) is 12.1 Å². The van der Waals surface area contributed by atoms with Gasteiger partial charge in [0, 0.05) is 24.5 Å². The summed E-state index contributed by atoms with van der Waals surface area (Å²) in [5, 5.41) is 13.4. The first-order valence-electron chi connectivity index (χ1n) is 4.74. The lowest BCUT2D eigenvalue weighted by Crippen LogP contribution is -2.35. The third kappa shape index (κ3) is 0.943. The number of nitrogens with zero attached hydrogens (tertiary/aromatic N) is 1. The molecule has 0 saturated carbocycles. The molecule has 0 radical (unpaired) electrons. The molecule has 3 rings (SSSR count). The topological polar surface area (TPSA) is 45.2 Å². The second-order valence-corrected chi connectivity index (χ2v) is 3.85. The molecule has 2 N–H and O–H groups in total. The van der Waals surface area contributed by atoms with E-state index in [1.807, 2.05) is 12.3 Å². The van der Waals surface area contributed by atoms with Gasteiger partial charge < -0.3 is 10.4 Å². The van der Waals surface area contributed by atoms with E-state index in [9.17, 15) is 5.11 Å². The highest BCUT2D eigenvalue weighted by Gasteiger charge is 2.38. The number of fused-ring (bicyclic) bond motifs is 4. The molecule has 0 aliphatic carbocycles. The summed E-state index contributed by atoms with van der Waals surface area (Å²) >= 11 is 0. The molecule has 3 atom stereocenters. The molecule has 68 valence electrons. The van der Waals surface area contributed by atoms with Crippen molar-refractivity contribution in [1.29, 1.82) is 0 Å². The molecular weight excluding hydrogens is 164 g/mol. The highest BCUT2D eigenvalue weighted by Crippen LogP contribution is 2.40. The van der Waals surface area contributed by atoms with Gasteiger partial charge in [-0.05, 0) is 30.0 Å². The lowest BCUT2D eigenvalue weighted by atomic mass is 9.95. The van der Waals surface area contributed by atoms with Gasteiger partial charge in [0.2, 0.25) is 0 Å². The van der Waals surface area contributed by atoms with Crippen LogP contribution < -0.4 is 5.32 Å². The molecule has 2 aliphatic rings. The number of hydrogen-bond donors (Lipinski definition) is 2. The van der Waals surface area contributed by atoms with E-state index in [0.29, 0.717) is 6.04 Å². The Morgan fingerprint density at radius 2 is 2.31 bits per heavy atom. The number of hydrogen-bond acceptors (Lipinski definition) is 3. The molecule has 13 heavy (non-hydrogen) atoms. The molecular formula is C10H12N2O. The van der Waals surface area contributed by atoms with Gasteiger partial charge in [0.05, 0.1) is 6.10 Å². The minimum Gasteiger partial charge on any atom is -0.387 e. The zero-order valence-corrected chi connectivity index (χ0v) is 7.27. The van der Waals surface area contributed by atoms with Crippen LogP contribution in [0, 0.1) is 0 Å². The SMILES string of the molecule is O[C@H]1c2ccncc2[C@H]2CC[C@@H]1N2. The van der Waals surface area contributed by atoms with Gasteiger partial charge in [-0.3, -0.25) is 4.98 Å². The maximum Gasteiger partial charge on any atom is 0.0947 e. The zero-order valence-electron chi connectivity index (χ0n) is 7.27. The summed E-state index contributed by atoms with van der Waals surface area (Å²) < 4.78 is 0. The summed E-state index contributed by atoms with van der Waals surface area (Å²) in [6, 6.07) is 2.63. The molecule has 3 heterocycles. The van der Waals surface area contributed by atoms with Crippen LogP contribution in [0.4, 0.5) is 0 Å². The van der Waals surface area contributed by atoms with Gasteiger partial charge in [0.1, 0.15) is 0 Å². The summed E-state index contributed by atoms with van der Waals surface area (Å²) in [7, 11) is 0. The quantitative estimate of drug-likeness (QED) is 0.618. The first-order valence-corrected chi connectivity index (χ1v) is 4.74. The van der Waals surface area contributed by atoms with Crippen LogP contribution in [0.15, 0.2) is 18.5 Å². The Hall–Kier alpha value is -0.930. The number of pyridine rings is 1. The molecule has 1 aromatic rings. The Bertz CT molecular complexity index is 324. The van der Waals surface area contributed by atoms with Crippen LogP contribution >= 0.6 is 0 Å². The second kappa shape index (κ2) is 2.53. The molecule has 3 nitrogen and oxygen atoms in total. The van der Waals surface area contributed by atoms with Crippen molar-refractivity contribution in [3.8, 4) is 0 Å². The van der Waals surface area contributed by atoms with E-state index in [1.54, 1.807) is 6.20 Å². The Morgan fingerprint density at radius 3 is 3.23 bits per heavy atom. The maximum absolute atomic E-state index is 9.96. The van der Waals surface area contributed by atoms with E-state index in [4.69, 9.17) is 0 Å². The average molecular weight is 176 g/mol. The number of aromatic nitrogens is 1. The molecule has 0 unspecified atom stereocenters. The Kier molecular flexibility index (Phi) is 1.45. The predicted molar refractivity (Wildman–Crippen MR) is 48.1 cm³/mol. The highest BCUT2D eigenvalue weighted by molar-refractivity contribution is 5.34. The Labute approximate surface area is 76.8 Å². The van der Waals surface area contributed by atoms with Crippen molar-refractivity contribution in [1.82, 2.24) is 10.3 Å². The highest BCUT2D eigenvalue weighted by atomic mass is 16.3. The first kappa shape index (κ1) is 7.47. The fourth-order valence-electron chi connectivity index (χ4n) is 2.46. The molecule has 2 aliphatic heterocycles. The van der Waals surface area contributed by atoms with Crippen LogP contribution in [0.25, 0.3) is 0 Å². The van der Waals surface area contributed by atoms with Crippen molar-refractivity contribution in [2.75, 3.05) is 0 Å². The lowest BCUT2D eigenvalue weighted by Gasteiger charge is -2.28. The van der Waals surface area contributed by atoms with Gasteiger partial charge in [-0.15, -0.1) is 0 Å². The average Bonchev–Trinajstić information content (AvgIpc) is 2.61. The normalized spacial score (nSPS) is 35.9. The van der Waals surface area contributed by atoms with Gasteiger partial charge in [-0.2, -0.15) is 0 Å². The van der Waals surface area contributed by atoms with Crippen molar-refractivity contribution in [2.24, 2.45) is 0 Å². The van der Waals surface area contributed by atoms with E-state index in [2.05, 4.69) is 10.3 Å². The van der Waals surface area contributed by atoms with Gasteiger partial charge in [-0.25, -0.2) is 0 Å². The van der Waals surface area contributed by atoms with Crippen molar-refractivity contribution in [3.05, 3.63) is 29.6 Å². The largest absolute Gasteiger partial charge is 0.387 e. The lowest BCUT2D eigenvalue weighted by molar-refractivity contribution is 0.126. The standard InChI is InChI=1S/C10H12N2O/c13-10-6-3-4-11-5-7(6)8-1-2-9(10)12-8/h3-5,8-10,12-13H,1-2H2/t8-,9+,10+/m1/s1. The monoisotopic (exact) mass is 176 g/mol. The summed E-state index contributed by atoms with van der Waals surface area (Å²) in [5.41, 5.74) is 2.25. The first-order chi connectivity index (χ1) is 6.36. The number of nitrogens with one attached hydrogen (secondary N) is 1. The molecule has 2 bridgehead atoms. The van der Waals surface area contributed by atoms with Gasteiger partial charge in [0.25, 0.3) is 0 Å². The van der Waals surface area contributed by atoms with Crippen molar-refractivity contribution in [3.63, 3.8) is 0 Å². The molecule has 0 aromatic carbocycles. The fourth-order valence-corrected chi connectivity index (χ4v) is 2.46. The van der Waals surface area contributed by atoms with Crippen LogP contribution in [0.5, 0.6) is 0 Å². The maximum atomic E-state index is 9.96. The van der Waals surface area contributed by atoms with Crippen LogP contribution in [0.2, 0.25) is 0 Å². The van der Waals surface area contributed by atoms with Crippen LogP contribution in [0.1, 0.15) is 36.1 Å². The van der Waals surface area contributed by atoms with Crippen molar-refractivity contribution >= 4 is 0 Å². The predicted octanol–water partition coefficient (Wildman–Crippen LogP) is 0.922. The number of rotatable bonds is 0. The van der Waals surface area contributed by atoms with Crippen LogP contribution in [-0.2, 0) is 0 Å². The van der Waals surface area contributed by atoms with Gasteiger partial charge >= 0.3 is 0 Å². The minimum absolute atomic E-state index is 0.264. The summed E-state index contributed by atoms with van der Waals surface area (Å²) in [5.74, 6) is 0. The summed E-state index contributed by atoms with van der Waals surface area (Å²) in [6.07, 6.45) is 5.49. The van der Waals surface area contributed by atoms with Crippen molar-refractivity contribution < 1.29 is 5.11 Å². The Morgan fingerprint density at radius 1 is 1.38 bits per heavy atom. The molecule has 0 amide bonds. The molecule has 0 spiro atoms. The second-order valence-electron chi connectivity index (χ2n) is 3.85. The molecule has 1 aromatic heterocycles. The van der Waals surface area contributed by atoms with Gasteiger partial charge in [0.15, 0.2) is 0 Å². The van der Waals surface area contributed by atoms with E-state index in [0.717, 1.165) is 18.4 Å². The van der Waals surface area contributed by atoms with E-state index < -0.39 is 0 Å². The molecule has 1 fully saturated rings. The number of aliphatic hydroxyl groups is 1. The zero-order chi connectivity index (χ0) is 8.84. The fraction of sp³-hybridized carbons (Fsp3) is 0.500. The molecule has 1 saturated heterocycles. The summed E-state index contributed by atoms with van der Waals surface area (Å²) in [6.45, 7) is 0. The third-order valence-corrected chi connectivity index (χ3v) is 3.14. The van der Waals surface area contributed by atoms with E-state index in [1.165, 1.54) is 5.56 Å². The number of aliphatic hydroxyl groups excluding tert-OH is 1. The molecule has 3 heteroatoms. The van der Waals surface area contributed by atoms with Crippen LogP contribution in [-0.4, -0.2) is 16.1 Å². The van der Waals surface area contributed by atoms with Crippen molar-refractivity contribution in [2.45, 2.75) is 31.0 Å².